The molecule has 0 fully saturated rings. The standard InChI is InChI=1S/C12H18N2O3/c1-14-8-9-3-4-10(16-2)11(7-9)17-6-5-12(13)15/h3-4,7,14H,5-6,8H2,1-2H3,(H2,13,15). The van der Waals surface area contributed by atoms with Gasteiger partial charge < -0.3 is 20.5 Å². The lowest BCUT2D eigenvalue weighted by molar-refractivity contribution is -0.118. The van der Waals surface area contributed by atoms with E-state index < -0.39 is 0 Å². The first-order valence-corrected chi connectivity index (χ1v) is 5.40. The van der Waals surface area contributed by atoms with Crippen LogP contribution >= 0.6 is 0 Å². The second-order valence-electron chi connectivity index (χ2n) is 3.58. The summed E-state index contributed by atoms with van der Waals surface area (Å²) in [6, 6.07) is 5.68. The minimum atomic E-state index is -0.379. The molecular weight excluding hydrogens is 220 g/mol. The molecule has 0 spiro atoms. The van der Waals surface area contributed by atoms with Crippen LogP contribution in [0.5, 0.6) is 11.5 Å². The summed E-state index contributed by atoms with van der Waals surface area (Å²) in [5.41, 5.74) is 6.13. The van der Waals surface area contributed by atoms with E-state index in [4.69, 9.17) is 15.2 Å². The third kappa shape index (κ3) is 4.32. The van der Waals surface area contributed by atoms with Crippen molar-refractivity contribution in [1.29, 1.82) is 0 Å². The molecule has 0 heterocycles. The van der Waals surface area contributed by atoms with Gasteiger partial charge >= 0.3 is 0 Å². The summed E-state index contributed by atoms with van der Waals surface area (Å²) in [6.45, 7) is 1.00. The second-order valence-corrected chi connectivity index (χ2v) is 3.58. The largest absolute Gasteiger partial charge is 0.493 e. The van der Waals surface area contributed by atoms with E-state index in [9.17, 15) is 4.79 Å². The highest BCUT2D eigenvalue weighted by Gasteiger charge is 2.06. The number of benzene rings is 1. The Bertz CT molecular complexity index is 380. The number of hydrogen-bond donors (Lipinski definition) is 2. The molecule has 1 aromatic rings. The van der Waals surface area contributed by atoms with Crippen molar-refractivity contribution in [2.24, 2.45) is 5.73 Å². The number of ether oxygens (including phenoxy) is 2. The summed E-state index contributed by atoms with van der Waals surface area (Å²) < 4.78 is 10.6. The topological polar surface area (TPSA) is 73.6 Å². The Morgan fingerprint density at radius 2 is 2.18 bits per heavy atom. The van der Waals surface area contributed by atoms with Crippen molar-refractivity contribution in [1.82, 2.24) is 5.32 Å². The third-order valence-electron chi connectivity index (χ3n) is 2.21. The Morgan fingerprint density at radius 1 is 1.41 bits per heavy atom. The predicted octanol–water partition coefficient (Wildman–Crippen LogP) is 0.669. The van der Waals surface area contributed by atoms with Crippen molar-refractivity contribution >= 4 is 5.91 Å². The van der Waals surface area contributed by atoms with Gasteiger partial charge in [0.05, 0.1) is 20.1 Å². The van der Waals surface area contributed by atoms with E-state index in [1.165, 1.54) is 0 Å². The van der Waals surface area contributed by atoms with Crippen molar-refractivity contribution in [3.63, 3.8) is 0 Å². The van der Waals surface area contributed by atoms with Crippen LogP contribution in [0.3, 0.4) is 0 Å². The molecule has 0 aliphatic carbocycles. The molecule has 0 saturated heterocycles. The van der Waals surface area contributed by atoms with Gasteiger partial charge in [-0.1, -0.05) is 6.07 Å². The van der Waals surface area contributed by atoms with Gasteiger partial charge in [0.1, 0.15) is 0 Å². The van der Waals surface area contributed by atoms with Gasteiger partial charge in [0.15, 0.2) is 11.5 Å². The zero-order valence-electron chi connectivity index (χ0n) is 10.2. The maximum atomic E-state index is 10.6. The lowest BCUT2D eigenvalue weighted by Crippen LogP contribution is -2.15. The number of carbonyl (C=O) groups excluding carboxylic acids is 1. The normalized spacial score (nSPS) is 10.0. The van der Waals surface area contributed by atoms with Crippen molar-refractivity contribution in [2.45, 2.75) is 13.0 Å². The van der Waals surface area contributed by atoms with Crippen LogP contribution < -0.4 is 20.5 Å². The summed E-state index contributed by atoms with van der Waals surface area (Å²) in [5.74, 6) is 0.895. The van der Waals surface area contributed by atoms with Crippen molar-refractivity contribution in [3.8, 4) is 11.5 Å². The summed E-state index contributed by atoms with van der Waals surface area (Å²) in [6.07, 6.45) is 0.194. The zero-order valence-corrected chi connectivity index (χ0v) is 10.2. The van der Waals surface area contributed by atoms with Gasteiger partial charge in [-0.3, -0.25) is 4.79 Å². The van der Waals surface area contributed by atoms with Crippen molar-refractivity contribution in [3.05, 3.63) is 23.8 Å². The predicted molar refractivity (Wildman–Crippen MR) is 65.1 cm³/mol. The van der Waals surface area contributed by atoms with Crippen LogP contribution in [0.25, 0.3) is 0 Å². The minimum Gasteiger partial charge on any atom is -0.493 e. The molecule has 5 nitrogen and oxygen atoms in total. The first-order chi connectivity index (χ1) is 8.17. The number of carbonyl (C=O) groups is 1. The van der Waals surface area contributed by atoms with Gasteiger partial charge in [0, 0.05) is 6.54 Å². The summed E-state index contributed by atoms with van der Waals surface area (Å²) in [5, 5.41) is 3.05. The molecule has 0 bridgehead atoms. The summed E-state index contributed by atoms with van der Waals surface area (Å²) >= 11 is 0. The Morgan fingerprint density at radius 3 is 2.76 bits per heavy atom. The van der Waals surface area contributed by atoms with Crippen molar-refractivity contribution in [2.75, 3.05) is 20.8 Å². The quantitative estimate of drug-likeness (QED) is 0.732. The number of methoxy groups -OCH3 is 1. The SMILES string of the molecule is CNCc1ccc(OC)c(OCCC(N)=O)c1. The van der Waals surface area contributed by atoms with Crippen LogP contribution in [0.2, 0.25) is 0 Å². The fourth-order valence-corrected chi connectivity index (χ4v) is 1.41. The molecule has 0 radical (unpaired) electrons. The lowest BCUT2D eigenvalue weighted by Gasteiger charge is -2.11. The maximum absolute atomic E-state index is 10.6. The maximum Gasteiger partial charge on any atom is 0.220 e. The number of primary amides is 1. The van der Waals surface area contributed by atoms with E-state index >= 15 is 0 Å². The van der Waals surface area contributed by atoms with Crippen LogP contribution in [-0.4, -0.2) is 26.7 Å². The highest BCUT2D eigenvalue weighted by Crippen LogP contribution is 2.28. The Kier molecular flexibility index (Phi) is 5.29. The molecule has 0 aliphatic heterocycles. The molecule has 1 rings (SSSR count). The molecule has 1 amide bonds. The van der Waals surface area contributed by atoms with E-state index in [-0.39, 0.29) is 18.9 Å². The number of rotatable bonds is 7. The highest BCUT2D eigenvalue weighted by atomic mass is 16.5. The molecule has 0 aromatic heterocycles. The lowest BCUT2D eigenvalue weighted by atomic mass is 10.2. The van der Waals surface area contributed by atoms with E-state index in [0.29, 0.717) is 11.5 Å². The average Bonchev–Trinajstić information content (AvgIpc) is 2.29. The van der Waals surface area contributed by atoms with Gasteiger partial charge in [0.25, 0.3) is 0 Å². The number of nitrogens with two attached hydrogens (primary N) is 1. The Labute approximate surface area is 101 Å². The Balaban J connectivity index is 2.71. The smallest absolute Gasteiger partial charge is 0.220 e. The van der Waals surface area contributed by atoms with E-state index in [1.807, 2.05) is 25.2 Å². The van der Waals surface area contributed by atoms with Gasteiger partial charge in [0.2, 0.25) is 5.91 Å². The number of amides is 1. The molecule has 0 unspecified atom stereocenters. The molecule has 5 heteroatoms. The summed E-state index contributed by atoms with van der Waals surface area (Å²) in [7, 11) is 3.45. The van der Waals surface area contributed by atoms with Gasteiger partial charge in [-0.2, -0.15) is 0 Å². The molecule has 17 heavy (non-hydrogen) atoms. The molecule has 0 atom stereocenters. The molecule has 0 aliphatic rings. The van der Waals surface area contributed by atoms with Crippen molar-refractivity contribution < 1.29 is 14.3 Å². The van der Waals surface area contributed by atoms with Crippen LogP contribution in [0, 0.1) is 0 Å². The van der Waals surface area contributed by atoms with E-state index in [2.05, 4.69) is 5.32 Å². The fourth-order valence-electron chi connectivity index (χ4n) is 1.41. The van der Waals surface area contributed by atoms with Gasteiger partial charge in [-0.25, -0.2) is 0 Å². The molecule has 94 valence electrons. The van der Waals surface area contributed by atoms with Crippen LogP contribution in [0.1, 0.15) is 12.0 Å². The number of hydrogen-bond acceptors (Lipinski definition) is 4. The van der Waals surface area contributed by atoms with E-state index in [0.717, 1.165) is 12.1 Å². The number of nitrogens with one attached hydrogen (secondary N) is 1. The first-order valence-electron chi connectivity index (χ1n) is 5.40. The van der Waals surface area contributed by atoms with Crippen LogP contribution in [0.4, 0.5) is 0 Å². The van der Waals surface area contributed by atoms with E-state index in [1.54, 1.807) is 7.11 Å². The van der Waals surface area contributed by atoms with Crippen LogP contribution in [-0.2, 0) is 11.3 Å². The first kappa shape index (κ1) is 13.3. The highest BCUT2D eigenvalue weighted by molar-refractivity contribution is 5.73. The monoisotopic (exact) mass is 238 g/mol. The fraction of sp³-hybridized carbons (Fsp3) is 0.417. The molecule has 3 N–H and O–H groups in total. The zero-order chi connectivity index (χ0) is 12.7. The van der Waals surface area contributed by atoms with Gasteiger partial charge in [-0.15, -0.1) is 0 Å². The Hall–Kier alpha value is -1.75. The average molecular weight is 238 g/mol. The minimum absolute atomic E-state index is 0.194. The molecule has 0 saturated carbocycles. The third-order valence-corrected chi connectivity index (χ3v) is 2.21. The molecular formula is C12H18N2O3. The second kappa shape index (κ2) is 6.75. The molecule has 1 aromatic carbocycles. The van der Waals surface area contributed by atoms with Gasteiger partial charge in [-0.05, 0) is 24.7 Å². The van der Waals surface area contributed by atoms with Crippen LogP contribution in [0.15, 0.2) is 18.2 Å². The summed E-state index contributed by atoms with van der Waals surface area (Å²) in [4.78, 5) is 10.6.